The van der Waals surface area contributed by atoms with Crippen LogP contribution in [0.5, 0.6) is 5.88 Å². The van der Waals surface area contributed by atoms with E-state index in [1.54, 1.807) is 18.7 Å². The van der Waals surface area contributed by atoms with Crippen LogP contribution in [-0.2, 0) is 19.5 Å². The number of nitrogens with one attached hydrogen (secondary N) is 1. The molecule has 0 aliphatic carbocycles. The third-order valence-electron chi connectivity index (χ3n) is 5.50. The SMILES string of the molecule is Nc1nccc2cc(NCc3ccnc(OCC4CCn5cnnc5C4)c3)ccc12. The van der Waals surface area contributed by atoms with Crippen molar-refractivity contribution in [1.82, 2.24) is 24.7 Å². The number of hydrogen-bond acceptors (Lipinski definition) is 7. The van der Waals surface area contributed by atoms with E-state index in [0.717, 1.165) is 47.2 Å². The third kappa shape index (κ3) is 3.89. The molecule has 30 heavy (non-hydrogen) atoms. The van der Waals surface area contributed by atoms with Gasteiger partial charge in [-0.15, -0.1) is 10.2 Å². The molecule has 0 radical (unpaired) electrons. The van der Waals surface area contributed by atoms with Gasteiger partial charge in [0.1, 0.15) is 18.0 Å². The Labute approximate surface area is 174 Å². The van der Waals surface area contributed by atoms with E-state index in [0.29, 0.717) is 30.8 Å². The summed E-state index contributed by atoms with van der Waals surface area (Å²) >= 11 is 0. The molecule has 3 aromatic heterocycles. The van der Waals surface area contributed by atoms with E-state index in [4.69, 9.17) is 10.5 Å². The zero-order valence-electron chi connectivity index (χ0n) is 16.5. The van der Waals surface area contributed by atoms with Crippen LogP contribution >= 0.6 is 0 Å². The summed E-state index contributed by atoms with van der Waals surface area (Å²) in [5, 5.41) is 13.6. The van der Waals surface area contributed by atoms with E-state index in [2.05, 4.69) is 36.1 Å². The Morgan fingerprint density at radius 2 is 2.07 bits per heavy atom. The van der Waals surface area contributed by atoms with Gasteiger partial charge in [0.15, 0.2) is 0 Å². The molecule has 4 heterocycles. The Morgan fingerprint density at radius 3 is 3.03 bits per heavy atom. The van der Waals surface area contributed by atoms with E-state index in [9.17, 15) is 0 Å². The molecular formula is C22H23N7O. The molecule has 1 aliphatic heterocycles. The van der Waals surface area contributed by atoms with Crippen molar-refractivity contribution < 1.29 is 4.74 Å². The van der Waals surface area contributed by atoms with Crippen LogP contribution in [0.2, 0.25) is 0 Å². The summed E-state index contributed by atoms with van der Waals surface area (Å²) in [6, 6.07) is 12.0. The van der Waals surface area contributed by atoms with Crippen molar-refractivity contribution in [2.75, 3.05) is 17.7 Å². The first-order valence-corrected chi connectivity index (χ1v) is 10.1. The standard InChI is InChI=1S/C22H23N7O/c23-22-19-2-1-18(11-17(19)4-7-25-22)26-12-15-3-6-24-21(10-15)30-13-16-5-8-29-14-27-28-20(29)9-16/h1-4,6-7,10-11,14,16,26H,5,8-9,12-13H2,(H2,23,25). The fraction of sp³-hybridized carbons (Fsp3) is 0.273. The summed E-state index contributed by atoms with van der Waals surface area (Å²) in [5.41, 5.74) is 8.06. The van der Waals surface area contributed by atoms with Crippen LogP contribution in [0.3, 0.4) is 0 Å². The van der Waals surface area contributed by atoms with Crippen molar-refractivity contribution >= 4 is 22.3 Å². The second kappa shape index (κ2) is 7.98. The minimum absolute atomic E-state index is 0.435. The predicted octanol–water partition coefficient (Wildman–Crippen LogP) is 3.06. The molecule has 3 N–H and O–H groups in total. The molecule has 1 aliphatic rings. The highest BCUT2D eigenvalue weighted by molar-refractivity contribution is 5.92. The van der Waals surface area contributed by atoms with Crippen molar-refractivity contribution in [3.63, 3.8) is 0 Å². The maximum atomic E-state index is 5.98. The zero-order chi connectivity index (χ0) is 20.3. The predicted molar refractivity (Wildman–Crippen MR) is 115 cm³/mol. The molecule has 1 atom stereocenters. The van der Waals surface area contributed by atoms with Crippen molar-refractivity contribution in [3.05, 3.63) is 66.5 Å². The number of nitrogen functional groups attached to an aromatic ring is 1. The van der Waals surface area contributed by atoms with Crippen LogP contribution in [0, 0.1) is 5.92 Å². The van der Waals surface area contributed by atoms with E-state index in [-0.39, 0.29) is 0 Å². The monoisotopic (exact) mass is 401 g/mol. The smallest absolute Gasteiger partial charge is 0.213 e. The Hall–Kier alpha value is -3.68. The van der Waals surface area contributed by atoms with Gasteiger partial charge < -0.3 is 20.4 Å². The van der Waals surface area contributed by atoms with Gasteiger partial charge in [0.2, 0.25) is 5.88 Å². The van der Waals surface area contributed by atoms with E-state index in [1.165, 1.54) is 0 Å². The average molecular weight is 401 g/mol. The maximum absolute atomic E-state index is 5.98. The molecule has 4 aromatic rings. The lowest BCUT2D eigenvalue weighted by atomic mass is 9.99. The van der Waals surface area contributed by atoms with Gasteiger partial charge in [0.25, 0.3) is 0 Å². The fourth-order valence-corrected chi connectivity index (χ4v) is 3.81. The molecule has 0 saturated carbocycles. The third-order valence-corrected chi connectivity index (χ3v) is 5.50. The molecule has 1 aromatic carbocycles. The maximum Gasteiger partial charge on any atom is 0.213 e. The number of hydrogen-bond donors (Lipinski definition) is 2. The first-order valence-electron chi connectivity index (χ1n) is 10.1. The first kappa shape index (κ1) is 18.4. The summed E-state index contributed by atoms with van der Waals surface area (Å²) < 4.78 is 8.09. The molecule has 0 spiro atoms. The van der Waals surface area contributed by atoms with Gasteiger partial charge in [0, 0.05) is 55.0 Å². The lowest BCUT2D eigenvalue weighted by Crippen LogP contribution is -2.24. The first-order chi connectivity index (χ1) is 14.7. The summed E-state index contributed by atoms with van der Waals surface area (Å²) in [4.78, 5) is 8.49. The summed E-state index contributed by atoms with van der Waals surface area (Å²) in [6.07, 6.45) is 7.27. The topological polar surface area (TPSA) is 104 Å². The Morgan fingerprint density at radius 1 is 1.13 bits per heavy atom. The molecule has 0 saturated heterocycles. The van der Waals surface area contributed by atoms with Gasteiger partial charge in [-0.3, -0.25) is 0 Å². The fourth-order valence-electron chi connectivity index (χ4n) is 3.81. The molecule has 0 fully saturated rings. The normalized spacial score (nSPS) is 15.7. The van der Waals surface area contributed by atoms with E-state index in [1.807, 2.05) is 30.3 Å². The lowest BCUT2D eigenvalue weighted by molar-refractivity contribution is 0.212. The van der Waals surface area contributed by atoms with Crippen molar-refractivity contribution in [3.8, 4) is 5.88 Å². The number of aryl methyl sites for hydroxylation is 1. The minimum atomic E-state index is 0.435. The van der Waals surface area contributed by atoms with Crippen LogP contribution in [0.1, 0.15) is 17.8 Å². The van der Waals surface area contributed by atoms with Crippen molar-refractivity contribution in [2.24, 2.45) is 5.92 Å². The van der Waals surface area contributed by atoms with E-state index >= 15 is 0 Å². The molecule has 0 bridgehead atoms. The number of anilines is 2. The van der Waals surface area contributed by atoms with Crippen LogP contribution in [0.15, 0.2) is 55.1 Å². The number of pyridine rings is 2. The summed E-state index contributed by atoms with van der Waals surface area (Å²) in [7, 11) is 0. The quantitative estimate of drug-likeness (QED) is 0.512. The Bertz CT molecular complexity index is 1170. The number of nitrogens with zero attached hydrogens (tertiary/aromatic N) is 5. The molecule has 0 amide bonds. The second-order valence-electron chi connectivity index (χ2n) is 7.60. The van der Waals surface area contributed by atoms with Crippen molar-refractivity contribution in [2.45, 2.75) is 25.9 Å². The molecule has 8 nitrogen and oxygen atoms in total. The largest absolute Gasteiger partial charge is 0.477 e. The second-order valence-corrected chi connectivity index (χ2v) is 7.60. The molecule has 1 unspecified atom stereocenters. The molecule has 8 heteroatoms. The number of aromatic nitrogens is 5. The van der Waals surface area contributed by atoms with Gasteiger partial charge in [0.05, 0.1) is 6.61 Å². The number of nitrogens with two attached hydrogens (primary N) is 1. The lowest BCUT2D eigenvalue weighted by Gasteiger charge is -2.22. The average Bonchev–Trinajstić information content (AvgIpc) is 3.25. The number of fused-ring (bicyclic) bond motifs is 2. The highest BCUT2D eigenvalue weighted by Gasteiger charge is 2.20. The minimum Gasteiger partial charge on any atom is -0.477 e. The number of benzene rings is 1. The van der Waals surface area contributed by atoms with Crippen LogP contribution < -0.4 is 15.8 Å². The Balaban J connectivity index is 1.19. The van der Waals surface area contributed by atoms with Crippen LogP contribution in [0.25, 0.3) is 10.8 Å². The zero-order valence-corrected chi connectivity index (χ0v) is 16.5. The molecule has 5 rings (SSSR count). The molecular weight excluding hydrogens is 378 g/mol. The highest BCUT2D eigenvalue weighted by atomic mass is 16.5. The van der Waals surface area contributed by atoms with Gasteiger partial charge in [-0.05, 0) is 47.7 Å². The highest BCUT2D eigenvalue weighted by Crippen LogP contribution is 2.23. The van der Waals surface area contributed by atoms with Crippen molar-refractivity contribution in [1.29, 1.82) is 0 Å². The summed E-state index contributed by atoms with van der Waals surface area (Å²) in [5.74, 6) is 2.67. The molecule has 152 valence electrons. The van der Waals surface area contributed by atoms with Gasteiger partial charge in [-0.2, -0.15) is 0 Å². The number of ether oxygens (including phenoxy) is 1. The van der Waals surface area contributed by atoms with Gasteiger partial charge in [-0.25, -0.2) is 9.97 Å². The number of rotatable bonds is 6. The van der Waals surface area contributed by atoms with E-state index < -0.39 is 0 Å². The van der Waals surface area contributed by atoms with Crippen LogP contribution in [0.4, 0.5) is 11.5 Å². The summed E-state index contributed by atoms with van der Waals surface area (Å²) in [6.45, 7) is 2.26. The van der Waals surface area contributed by atoms with Gasteiger partial charge in [-0.1, -0.05) is 0 Å². The van der Waals surface area contributed by atoms with Crippen LogP contribution in [-0.4, -0.2) is 31.3 Å². The Kier molecular flexibility index (Phi) is 4.88. The van der Waals surface area contributed by atoms with Gasteiger partial charge >= 0.3 is 0 Å².